The maximum absolute atomic E-state index is 11.6. The fraction of sp³-hybridized carbons (Fsp3) is 0.222. The Labute approximate surface area is 134 Å². The number of rotatable bonds is 2. The van der Waals surface area contributed by atoms with E-state index >= 15 is 0 Å². The van der Waals surface area contributed by atoms with Crippen molar-refractivity contribution < 1.29 is 0 Å². The van der Waals surface area contributed by atoms with Gasteiger partial charge in [0.25, 0.3) is 0 Å². The molecule has 1 fully saturated rings. The van der Waals surface area contributed by atoms with Crippen LogP contribution in [0.3, 0.4) is 0 Å². The number of aromatic amines is 1. The van der Waals surface area contributed by atoms with Crippen LogP contribution in [0, 0.1) is 0 Å². The summed E-state index contributed by atoms with van der Waals surface area (Å²) in [6, 6.07) is 15.8. The minimum Gasteiger partial charge on any atom is -0.353 e. The van der Waals surface area contributed by atoms with Crippen molar-refractivity contribution in [3.8, 4) is 11.1 Å². The molecule has 0 unspecified atom stereocenters. The molecule has 0 amide bonds. The Hall–Kier alpha value is -2.66. The van der Waals surface area contributed by atoms with Gasteiger partial charge in [-0.2, -0.15) is 0 Å². The first-order chi connectivity index (χ1) is 11.3. The lowest BCUT2D eigenvalue weighted by atomic mass is 10.0. The third kappa shape index (κ3) is 2.71. The van der Waals surface area contributed by atoms with E-state index in [0.717, 1.165) is 48.5 Å². The van der Waals surface area contributed by atoms with Gasteiger partial charge < -0.3 is 15.2 Å². The van der Waals surface area contributed by atoms with E-state index in [1.54, 1.807) is 6.07 Å². The second-order valence-corrected chi connectivity index (χ2v) is 5.72. The van der Waals surface area contributed by atoms with Gasteiger partial charge in [0, 0.05) is 43.2 Å². The molecule has 5 heteroatoms. The average Bonchev–Trinajstić information content (AvgIpc) is 2.62. The lowest BCUT2D eigenvalue weighted by molar-refractivity contribution is 0.586. The maximum atomic E-state index is 11.6. The monoisotopic (exact) mass is 306 g/mol. The van der Waals surface area contributed by atoms with Gasteiger partial charge in [0.2, 0.25) is 5.56 Å². The van der Waals surface area contributed by atoms with Gasteiger partial charge in [-0.3, -0.25) is 4.79 Å². The molecule has 0 aliphatic carbocycles. The molecule has 5 nitrogen and oxygen atoms in total. The van der Waals surface area contributed by atoms with Crippen molar-refractivity contribution in [1.29, 1.82) is 0 Å². The average molecular weight is 306 g/mol. The minimum absolute atomic E-state index is 0.122. The van der Waals surface area contributed by atoms with Gasteiger partial charge in [0.15, 0.2) is 0 Å². The predicted molar refractivity (Wildman–Crippen MR) is 92.9 cm³/mol. The van der Waals surface area contributed by atoms with Gasteiger partial charge in [0.05, 0.1) is 0 Å². The van der Waals surface area contributed by atoms with Crippen LogP contribution < -0.4 is 15.8 Å². The Bertz CT molecular complexity index is 882. The molecule has 1 aliphatic rings. The van der Waals surface area contributed by atoms with Crippen molar-refractivity contribution in [3.05, 3.63) is 58.9 Å². The number of benzene rings is 1. The van der Waals surface area contributed by atoms with E-state index in [0.29, 0.717) is 5.65 Å². The van der Waals surface area contributed by atoms with Crippen molar-refractivity contribution in [2.75, 3.05) is 31.1 Å². The maximum Gasteiger partial charge on any atom is 0.249 e. The lowest BCUT2D eigenvalue weighted by Crippen LogP contribution is -2.44. The Morgan fingerprint density at radius 3 is 2.57 bits per heavy atom. The predicted octanol–water partition coefficient (Wildman–Crippen LogP) is 2.00. The molecule has 2 aromatic heterocycles. The number of hydrogen-bond donors (Lipinski definition) is 2. The van der Waals surface area contributed by atoms with E-state index < -0.39 is 0 Å². The molecule has 1 aromatic carbocycles. The van der Waals surface area contributed by atoms with Crippen LogP contribution in [-0.2, 0) is 0 Å². The molecular weight excluding hydrogens is 288 g/mol. The summed E-state index contributed by atoms with van der Waals surface area (Å²) in [6.07, 6.45) is 0. The summed E-state index contributed by atoms with van der Waals surface area (Å²) in [5.74, 6) is 0.937. The van der Waals surface area contributed by atoms with Crippen LogP contribution in [0.15, 0.2) is 53.3 Å². The van der Waals surface area contributed by atoms with Gasteiger partial charge in [0.1, 0.15) is 11.5 Å². The number of fused-ring (bicyclic) bond motifs is 1. The van der Waals surface area contributed by atoms with Gasteiger partial charge in [-0.15, -0.1) is 0 Å². The normalized spacial score (nSPS) is 15.0. The van der Waals surface area contributed by atoms with E-state index in [4.69, 9.17) is 4.98 Å². The number of nitrogens with one attached hydrogen (secondary N) is 2. The molecule has 2 N–H and O–H groups in total. The van der Waals surface area contributed by atoms with Gasteiger partial charge in [-0.05, 0) is 17.7 Å². The van der Waals surface area contributed by atoms with E-state index in [1.165, 1.54) is 0 Å². The molecule has 1 saturated heterocycles. The standard InChI is InChI=1S/C18H18N4O/c23-16-7-6-14-12-15(13-4-2-1-3-5-13)18(21-17(14)20-16)22-10-8-19-9-11-22/h1-7,12,19H,8-11H2,(H,20,21,23). The highest BCUT2D eigenvalue weighted by Crippen LogP contribution is 2.31. The topological polar surface area (TPSA) is 61.0 Å². The first-order valence-electron chi connectivity index (χ1n) is 7.86. The summed E-state index contributed by atoms with van der Waals surface area (Å²) in [7, 11) is 0. The molecule has 3 aromatic rings. The molecule has 0 spiro atoms. The molecule has 0 atom stereocenters. The number of aromatic nitrogens is 2. The molecule has 0 saturated carbocycles. The molecular formula is C18H18N4O. The first-order valence-corrected chi connectivity index (χ1v) is 7.86. The Balaban J connectivity index is 1.94. The number of H-pyrrole nitrogens is 1. The highest BCUT2D eigenvalue weighted by atomic mass is 16.1. The zero-order valence-corrected chi connectivity index (χ0v) is 12.7. The fourth-order valence-electron chi connectivity index (χ4n) is 3.02. The minimum atomic E-state index is -0.122. The largest absolute Gasteiger partial charge is 0.353 e. The van der Waals surface area contributed by atoms with Crippen molar-refractivity contribution in [3.63, 3.8) is 0 Å². The summed E-state index contributed by atoms with van der Waals surface area (Å²) in [4.78, 5) is 21.5. The van der Waals surface area contributed by atoms with Gasteiger partial charge >= 0.3 is 0 Å². The number of pyridine rings is 2. The van der Waals surface area contributed by atoms with Crippen LogP contribution in [0.1, 0.15) is 0 Å². The van der Waals surface area contributed by atoms with Crippen LogP contribution >= 0.6 is 0 Å². The number of anilines is 1. The zero-order chi connectivity index (χ0) is 15.6. The molecule has 0 bridgehead atoms. The van der Waals surface area contributed by atoms with Crippen LogP contribution in [0.25, 0.3) is 22.2 Å². The first kappa shape index (κ1) is 14.0. The summed E-state index contributed by atoms with van der Waals surface area (Å²) in [5.41, 5.74) is 2.77. The smallest absolute Gasteiger partial charge is 0.249 e. The molecule has 23 heavy (non-hydrogen) atoms. The van der Waals surface area contributed by atoms with Crippen LogP contribution in [-0.4, -0.2) is 36.1 Å². The summed E-state index contributed by atoms with van der Waals surface area (Å²) in [6.45, 7) is 3.71. The Morgan fingerprint density at radius 1 is 1.00 bits per heavy atom. The van der Waals surface area contributed by atoms with Crippen molar-refractivity contribution >= 4 is 16.9 Å². The second kappa shape index (κ2) is 5.85. The fourth-order valence-corrected chi connectivity index (χ4v) is 3.02. The third-order valence-corrected chi connectivity index (χ3v) is 4.19. The molecule has 0 radical (unpaired) electrons. The second-order valence-electron chi connectivity index (χ2n) is 5.72. The number of piperazine rings is 1. The Kier molecular flexibility index (Phi) is 3.55. The third-order valence-electron chi connectivity index (χ3n) is 4.19. The number of nitrogens with zero attached hydrogens (tertiary/aromatic N) is 2. The van der Waals surface area contributed by atoms with E-state index in [-0.39, 0.29) is 5.56 Å². The molecule has 1 aliphatic heterocycles. The van der Waals surface area contributed by atoms with Gasteiger partial charge in [-0.25, -0.2) is 4.98 Å². The summed E-state index contributed by atoms with van der Waals surface area (Å²) in [5, 5.41) is 4.31. The molecule has 4 rings (SSSR count). The van der Waals surface area contributed by atoms with E-state index in [9.17, 15) is 4.79 Å². The SMILES string of the molecule is O=c1ccc2cc(-c3ccccc3)c(N3CCNCC3)nc2[nH]1. The van der Waals surface area contributed by atoms with E-state index in [2.05, 4.69) is 33.4 Å². The van der Waals surface area contributed by atoms with E-state index in [1.807, 2.05) is 24.3 Å². The van der Waals surface area contributed by atoms with Crippen molar-refractivity contribution in [1.82, 2.24) is 15.3 Å². The molecule has 116 valence electrons. The molecule has 3 heterocycles. The summed E-state index contributed by atoms with van der Waals surface area (Å²) >= 11 is 0. The number of hydrogen-bond acceptors (Lipinski definition) is 4. The lowest BCUT2D eigenvalue weighted by Gasteiger charge is -2.30. The zero-order valence-electron chi connectivity index (χ0n) is 12.7. The van der Waals surface area contributed by atoms with Crippen molar-refractivity contribution in [2.24, 2.45) is 0 Å². The Morgan fingerprint density at radius 2 is 1.78 bits per heavy atom. The summed E-state index contributed by atoms with van der Waals surface area (Å²) < 4.78 is 0. The quantitative estimate of drug-likeness (QED) is 0.760. The van der Waals surface area contributed by atoms with Crippen LogP contribution in [0.4, 0.5) is 5.82 Å². The van der Waals surface area contributed by atoms with Crippen LogP contribution in [0.2, 0.25) is 0 Å². The van der Waals surface area contributed by atoms with Crippen LogP contribution in [0.5, 0.6) is 0 Å². The van der Waals surface area contributed by atoms with Crippen molar-refractivity contribution in [2.45, 2.75) is 0 Å². The van der Waals surface area contributed by atoms with Gasteiger partial charge in [-0.1, -0.05) is 30.3 Å². The highest BCUT2D eigenvalue weighted by molar-refractivity contribution is 5.87. The highest BCUT2D eigenvalue weighted by Gasteiger charge is 2.18.